The summed E-state index contributed by atoms with van der Waals surface area (Å²) in [6.45, 7) is 12.6. The summed E-state index contributed by atoms with van der Waals surface area (Å²) in [6.07, 6.45) is 12.0. The van der Waals surface area contributed by atoms with Gasteiger partial charge in [-0.3, -0.25) is 0 Å². The van der Waals surface area contributed by atoms with Gasteiger partial charge in [0.2, 0.25) is 5.75 Å². The van der Waals surface area contributed by atoms with Crippen molar-refractivity contribution in [1.29, 1.82) is 0 Å². The highest BCUT2D eigenvalue weighted by atomic mass is 16.5. The second-order valence-electron chi connectivity index (χ2n) is 9.05. The van der Waals surface area contributed by atoms with Gasteiger partial charge in [-0.25, -0.2) is 4.79 Å². The van der Waals surface area contributed by atoms with E-state index in [-0.39, 0.29) is 0 Å². The number of allylic oxidation sites excluding steroid dienone is 8. The molecule has 0 atom stereocenters. The number of benzene rings is 1. The minimum Gasteiger partial charge on any atom is -0.493 e. The number of rotatable bonds is 14. The average molecular weight is 485 g/mol. The van der Waals surface area contributed by atoms with Gasteiger partial charge >= 0.3 is 5.97 Å². The van der Waals surface area contributed by atoms with Crippen molar-refractivity contribution in [2.24, 2.45) is 0 Å². The number of carbonyl (C=O) groups is 1. The quantitative estimate of drug-likeness (QED) is 0.151. The fraction of sp³-hybridized carbons (Fsp3) is 0.500. The van der Waals surface area contributed by atoms with Crippen LogP contribution in [0.5, 0.6) is 17.2 Å². The third-order valence-electron chi connectivity index (χ3n) is 5.93. The summed E-state index contributed by atoms with van der Waals surface area (Å²) in [4.78, 5) is 13.2. The van der Waals surface area contributed by atoms with Gasteiger partial charge in [0.05, 0.1) is 26.9 Å². The standard InChI is InChI=1S/C30H44O5/c1-10-22(4)14-12-15-23(5)17-18-26(24(6)16-11-13-21(2)3)35-30(31)25-19-27(32-7)29(34-9)28(20-25)33-8/h10,13,15,19-20H,11-12,14,16-18H2,1-9H3/b22-10+,23-15+,26-24+. The molecule has 0 saturated heterocycles. The van der Waals surface area contributed by atoms with Crippen LogP contribution in [0, 0.1) is 0 Å². The fourth-order valence-corrected chi connectivity index (χ4v) is 3.54. The molecule has 0 bridgehead atoms. The van der Waals surface area contributed by atoms with Gasteiger partial charge in [-0.1, -0.05) is 34.9 Å². The van der Waals surface area contributed by atoms with Crippen LogP contribution in [-0.2, 0) is 4.74 Å². The molecule has 0 aromatic heterocycles. The number of esters is 1. The summed E-state index contributed by atoms with van der Waals surface area (Å²) >= 11 is 0. The second-order valence-corrected chi connectivity index (χ2v) is 9.05. The van der Waals surface area contributed by atoms with Crippen molar-refractivity contribution in [3.05, 3.63) is 64.0 Å². The zero-order valence-electron chi connectivity index (χ0n) is 23.2. The van der Waals surface area contributed by atoms with Crippen molar-refractivity contribution in [3.8, 4) is 17.2 Å². The summed E-state index contributed by atoms with van der Waals surface area (Å²) < 4.78 is 22.1. The maximum Gasteiger partial charge on any atom is 0.343 e. The number of hydrogen-bond acceptors (Lipinski definition) is 5. The lowest BCUT2D eigenvalue weighted by Gasteiger charge is -2.16. The molecule has 1 aromatic rings. The normalized spacial score (nSPS) is 12.6. The number of ether oxygens (including phenoxy) is 4. The molecule has 0 aliphatic carbocycles. The molecule has 0 amide bonds. The molecule has 194 valence electrons. The number of carbonyl (C=O) groups excluding carboxylic acids is 1. The molecule has 0 unspecified atom stereocenters. The molecule has 0 aliphatic heterocycles. The summed E-state index contributed by atoms with van der Waals surface area (Å²) in [5.74, 6) is 1.56. The first kappa shape index (κ1) is 30.1. The minimum absolute atomic E-state index is 0.350. The Bertz CT molecular complexity index is 934. The predicted octanol–water partition coefficient (Wildman–Crippen LogP) is 8.36. The summed E-state index contributed by atoms with van der Waals surface area (Å²) in [5, 5.41) is 0. The fourth-order valence-electron chi connectivity index (χ4n) is 3.54. The first-order valence-corrected chi connectivity index (χ1v) is 12.3. The molecule has 35 heavy (non-hydrogen) atoms. The largest absolute Gasteiger partial charge is 0.493 e. The van der Waals surface area contributed by atoms with E-state index in [9.17, 15) is 4.79 Å². The molecule has 0 N–H and O–H groups in total. The van der Waals surface area contributed by atoms with E-state index in [2.05, 4.69) is 52.8 Å². The van der Waals surface area contributed by atoms with Crippen molar-refractivity contribution in [3.63, 3.8) is 0 Å². The Morgan fingerprint density at radius 2 is 1.37 bits per heavy atom. The molecule has 0 fully saturated rings. The van der Waals surface area contributed by atoms with E-state index in [1.165, 1.54) is 38.0 Å². The molecule has 5 heteroatoms. The maximum absolute atomic E-state index is 13.2. The van der Waals surface area contributed by atoms with Crippen LogP contribution in [-0.4, -0.2) is 27.3 Å². The Kier molecular flexibility index (Phi) is 13.6. The minimum atomic E-state index is -0.439. The number of hydrogen-bond donors (Lipinski definition) is 0. The lowest BCUT2D eigenvalue weighted by Crippen LogP contribution is -2.08. The van der Waals surface area contributed by atoms with Gasteiger partial charge < -0.3 is 18.9 Å². The van der Waals surface area contributed by atoms with E-state index in [4.69, 9.17) is 18.9 Å². The van der Waals surface area contributed by atoms with E-state index in [0.29, 0.717) is 29.2 Å². The van der Waals surface area contributed by atoms with Crippen LogP contribution in [0.1, 0.15) is 90.4 Å². The van der Waals surface area contributed by atoms with E-state index in [1.54, 1.807) is 12.1 Å². The van der Waals surface area contributed by atoms with Crippen LogP contribution in [0.2, 0.25) is 0 Å². The third-order valence-corrected chi connectivity index (χ3v) is 5.93. The first-order valence-electron chi connectivity index (χ1n) is 12.3. The Morgan fingerprint density at radius 1 is 0.771 bits per heavy atom. The smallest absolute Gasteiger partial charge is 0.343 e. The van der Waals surface area contributed by atoms with Crippen molar-refractivity contribution in [2.75, 3.05) is 21.3 Å². The van der Waals surface area contributed by atoms with Gasteiger partial charge in [-0.2, -0.15) is 0 Å². The monoisotopic (exact) mass is 484 g/mol. The van der Waals surface area contributed by atoms with Gasteiger partial charge in [0.15, 0.2) is 11.5 Å². The molecule has 5 nitrogen and oxygen atoms in total. The molecule has 0 radical (unpaired) electrons. The van der Waals surface area contributed by atoms with Crippen LogP contribution in [0.15, 0.2) is 58.4 Å². The Morgan fingerprint density at radius 3 is 1.89 bits per heavy atom. The zero-order valence-corrected chi connectivity index (χ0v) is 23.2. The molecule has 1 rings (SSSR count). The summed E-state index contributed by atoms with van der Waals surface area (Å²) in [7, 11) is 4.58. The van der Waals surface area contributed by atoms with Crippen LogP contribution in [0.25, 0.3) is 0 Å². The van der Waals surface area contributed by atoms with Crippen molar-refractivity contribution in [1.82, 2.24) is 0 Å². The first-order chi connectivity index (χ1) is 16.7. The van der Waals surface area contributed by atoms with Gasteiger partial charge in [0.25, 0.3) is 0 Å². The van der Waals surface area contributed by atoms with Gasteiger partial charge in [-0.15, -0.1) is 0 Å². The topological polar surface area (TPSA) is 54.0 Å². The van der Waals surface area contributed by atoms with Gasteiger partial charge in [0.1, 0.15) is 5.76 Å². The Labute approximate surface area is 212 Å². The van der Waals surface area contributed by atoms with Crippen molar-refractivity contribution in [2.45, 2.75) is 80.1 Å². The molecule has 0 aliphatic rings. The van der Waals surface area contributed by atoms with Crippen molar-refractivity contribution < 1.29 is 23.7 Å². The zero-order chi connectivity index (χ0) is 26.4. The molecule has 0 saturated carbocycles. The lowest BCUT2D eigenvalue weighted by molar-refractivity contribution is 0.0608. The number of methoxy groups -OCH3 is 3. The average Bonchev–Trinajstić information content (AvgIpc) is 2.84. The molecule has 1 aromatic carbocycles. The SMILES string of the molecule is C/C=C(\C)CC/C=C(\C)CC/C(OC(=O)c1cc(OC)c(OC)c(OC)c1)=C(/C)CCC=C(C)C. The van der Waals surface area contributed by atoms with E-state index >= 15 is 0 Å². The van der Waals surface area contributed by atoms with Crippen LogP contribution < -0.4 is 14.2 Å². The molecule has 0 heterocycles. The lowest BCUT2D eigenvalue weighted by atomic mass is 10.0. The Balaban J connectivity index is 3.12. The van der Waals surface area contributed by atoms with Crippen molar-refractivity contribution >= 4 is 5.97 Å². The predicted molar refractivity (Wildman–Crippen MR) is 145 cm³/mol. The van der Waals surface area contributed by atoms with E-state index < -0.39 is 5.97 Å². The molecular weight excluding hydrogens is 440 g/mol. The second kappa shape index (κ2) is 15.9. The Hall–Kier alpha value is -2.95. The maximum atomic E-state index is 13.2. The van der Waals surface area contributed by atoms with E-state index in [0.717, 1.165) is 43.4 Å². The van der Waals surface area contributed by atoms with Crippen LogP contribution in [0.4, 0.5) is 0 Å². The highest BCUT2D eigenvalue weighted by Gasteiger charge is 2.20. The van der Waals surface area contributed by atoms with Crippen LogP contribution >= 0.6 is 0 Å². The van der Waals surface area contributed by atoms with Gasteiger partial charge in [0, 0.05) is 6.42 Å². The highest BCUT2D eigenvalue weighted by Crippen LogP contribution is 2.38. The van der Waals surface area contributed by atoms with Gasteiger partial charge in [-0.05, 0) is 91.4 Å². The summed E-state index contributed by atoms with van der Waals surface area (Å²) in [5.41, 5.74) is 5.41. The highest BCUT2D eigenvalue weighted by molar-refractivity contribution is 5.92. The van der Waals surface area contributed by atoms with E-state index in [1.807, 2.05) is 6.92 Å². The molecule has 0 spiro atoms. The molecular formula is C30H44O5. The van der Waals surface area contributed by atoms with Crippen LogP contribution in [0.3, 0.4) is 0 Å². The third kappa shape index (κ3) is 10.5. The summed E-state index contributed by atoms with van der Waals surface area (Å²) in [6, 6.07) is 3.24.